The first-order valence-electron chi connectivity index (χ1n) is 12.3. The van der Waals surface area contributed by atoms with Crippen molar-refractivity contribution in [2.45, 2.75) is 19.0 Å². The van der Waals surface area contributed by atoms with Gasteiger partial charge in [-0.25, -0.2) is 4.79 Å². The first-order chi connectivity index (χ1) is 18.3. The molecule has 3 aromatic rings. The summed E-state index contributed by atoms with van der Waals surface area (Å²) in [6, 6.07) is 12.4. The molecule has 0 aliphatic carbocycles. The van der Waals surface area contributed by atoms with Crippen molar-refractivity contribution >= 4 is 34.5 Å². The zero-order valence-electron chi connectivity index (χ0n) is 21.0. The molecule has 4 amide bonds. The number of nitrogens with zero attached hydrogens (tertiary/aromatic N) is 3. The zero-order valence-corrected chi connectivity index (χ0v) is 21.0. The number of hydrogen-bond donors (Lipinski definition) is 2. The quantitative estimate of drug-likeness (QED) is 0.255. The van der Waals surface area contributed by atoms with Crippen LogP contribution in [0.2, 0.25) is 0 Å². The summed E-state index contributed by atoms with van der Waals surface area (Å²) in [5.74, 6) is -0.748. The highest BCUT2D eigenvalue weighted by Gasteiger charge is 2.44. The molecule has 0 spiro atoms. The fraction of sp³-hybridized carbons (Fsp3) is 0.286. The highest BCUT2D eigenvalue weighted by molar-refractivity contribution is 6.04. The van der Waals surface area contributed by atoms with Crippen molar-refractivity contribution in [1.29, 1.82) is 0 Å². The molecule has 10 heteroatoms. The molecule has 3 heterocycles. The molecular formula is C28H28N4O6. The third kappa shape index (κ3) is 4.43. The van der Waals surface area contributed by atoms with E-state index in [1.54, 1.807) is 17.0 Å². The average Bonchev–Trinajstić information content (AvgIpc) is 3.25. The van der Waals surface area contributed by atoms with Gasteiger partial charge in [-0.3, -0.25) is 19.3 Å². The molecule has 196 valence electrons. The van der Waals surface area contributed by atoms with E-state index in [-0.39, 0.29) is 30.2 Å². The summed E-state index contributed by atoms with van der Waals surface area (Å²) in [4.78, 5) is 52.0. The molecule has 2 bridgehead atoms. The number of carbonyl (C=O) groups is 4. The highest BCUT2D eigenvalue weighted by atomic mass is 16.5. The van der Waals surface area contributed by atoms with Crippen molar-refractivity contribution in [3.63, 3.8) is 0 Å². The minimum atomic E-state index is -0.548. The van der Waals surface area contributed by atoms with Crippen LogP contribution in [0.3, 0.4) is 0 Å². The number of fused-ring (bicyclic) bond motifs is 6. The Morgan fingerprint density at radius 2 is 1.95 bits per heavy atom. The minimum Gasteiger partial charge on any atom is -0.492 e. The zero-order chi connectivity index (χ0) is 27.0. The van der Waals surface area contributed by atoms with Crippen LogP contribution in [-0.4, -0.2) is 76.5 Å². The van der Waals surface area contributed by atoms with Crippen molar-refractivity contribution in [2.75, 3.05) is 33.4 Å². The van der Waals surface area contributed by atoms with E-state index in [1.807, 2.05) is 30.3 Å². The summed E-state index contributed by atoms with van der Waals surface area (Å²) in [5.41, 5.74) is 4.03. The van der Waals surface area contributed by atoms with Crippen molar-refractivity contribution in [3.05, 3.63) is 77.5 Å². The smallest absolute Gasteiger partial charge is 0.326 e. The molecule has 38 heavy (non-hydrogen) atoms. The Kier molecular flexibility index (Phi) is 6.73. The fourth-order valence-corrected chi connectivity index (χ4v) is 5.17. The van der Waals surface area contributed by atoms with E-state index in [2.05, 4.69) is 16.5 Å². The number of carbonyl (C=O) groups excluding carboxylic acids is 4. The average molecular weight is 517 g/mol. The molecule has 2 aliphatic heterocycles. The summed E-state index contributed by atoms with van der Waals surface area (Å²) < 4.78 is 7.98. The highest BCUT2D eigenvalue weighted by Crippen LogP contribution is 2.41. The lowest BCUT2D eigenvalue weighted by molar-refractivity contribution is -0.132. The van der Waals surface area contributed by atoms with Crippen molar-refractivity contribution in [1.82, 2.24) is 19.7 Å². The number of aliphatic hydroxyl groups is 1. The Morgan fingerprint density at radius 3 is 2.66 bits per heavy atom. The van der Waals surface area contributed by atoms with Crippen LogP contribution < -0.4 is 10.1 Å². The van der Waals surface area contributed by atoms with Gasteiger partial charge < -0.3 is 24.6 Å². The number of aliphatic hydroxyl groups excluding tert-OH is 1. The second-order valence-electron chi connectivity index (χ2n) is 9.36. The molecule has 1 atom stereocenters. The molecule has 5 rings (SSSR count). The molecule has 1 unspecified atom stereocenters. The molecule has 10 nitrogen and oxygen atoms in total. The number of hydrogen-bond acceptors (Lipinski definition) is 6. The van der Waals surface area contributed by atoms with E-state index < -0.39 is 12.5 Å². The maximum atomic E-state index is 13.2. The number of nitrogens with one attached hydrogen (secondary N) is 1. The summed E-state index contributed by atoms with van der Waals surface area (Å²) in [5, 5.41) is 12.7. The topological polar surface area (TPSA) is 121 Å². The maximum Gasteiger partial charge on any atom is 0.326 e. The van der Waals surface area contributed by atoms with Gasteiger partial charge in [-0.2, -0.15) is 0 Å². The summed E-state index contributed by atoms with van der Waals surface area (Å²) in [7, 11) is 1.51. The number of Topliss-reactive ketones (excluding diaryl/α,β-unsaturated/α-hetero) is 1. The lowest BCUT2D eigenvalue weighted by atomic mass is 9.89. The van der Waals surface area contributed by atoms with E-state index in [1.165, 1.54) is 18.0 Å². The summed E-state index contributed by atoms with van der Waals surface area (Å²) >= 11 is 0. The number of rotatable bonds is 9. The third-order valence-electron chi connectivity index (χ3n) is 7.08. The number of amides is 4. The number of benzene rings is 2. The lowest BCUT2D eigenvalue weighted by Crippen LogP contribution is -2.56. The Labute approximate surface area is 219 Å². The fourth-order valence-electron chi connectivity index (χ4n) is 5.17. The van der Waals surface area contributed by atoms with E-state index in [9.17, 15) is 19.2 Å². The van der Waals surface area contributed by atoms with Gasteiger partial charge in [0.25, 0.3) is 0 Å². The van der Waals surface area contributed by atoms with Gasteiger partial charge in [-0.15, -0.1) is 0 Å². The van der Waals surface area contributed by atoms with Gasteiger partial charge in [-0.05, 0) is 35.4 Å². The van der Waals surface area contributed by atoms with Crippen LogP contribution >= 0.6 is 0 Å². The maximum absolute atomic E-state index is 13.2. The van der Waals surface area contributed by atoms with Crippen LogP contribution in [0.5, 0.6) is 5.75 Å². The Morgan fingerprint density at radius 1 is 1.18 bits per heavy atom. The van der Waals surface area contributed by atoms with Crippen LogP contribution in [0.15, 0.2) is 55.1 Å². The van der Waals surface area contributed by atoms with Crippen LogP contribution in [0.1, 0.15) is 33.1 Å². The normalized spacial score (nSPS) is 16.4. The molecule has 2 aliphatic rings. The number of likely N-dealkylation sites (N-methyl/N-ethyl adjacent to an activating group) is 1. The predicted octanol–water partition coefficient (Wildman–Crippen LogP) is 2.04. The summed E-state index contributed by atoms with van der Waals surface area (Å²) in [6.45, 7) is 4.61. The molecule has 2 N–H and O–H groups in total. The largest absolute Gasteiger partial charge is 0.492 e. The Balaban J connectivity index is 1.53. The number of ketones is 1. The van der Waals surface area contributed by atoms with Crippen LogP contribution in [0.25, 0.3) is 10.9 Å². The Bertz CT molecular complexity index is 1460. The Hall–Kier alpha value is -4.44. The van der Waals surface area contributed by atoms with Gasteiger partial charge in [0, 0.05) is 42.3 Å². The molecule has 1 aromatic heterocycles. The number of aromatic nitrogens is 1. The molecular weight excluding hydrogens is 488 g/mol. The van der Waals surface area contributed by atoms with Crippen LogP contribution in [0, 0.1) is 0 Å². The molecule has 1 fully saturated rings. The number of ether oxygens (including phenoxy) is 1. The number of urea groups is 1. The molecule has 0 saturated carbocycles. The molecule has 1 saturated heterocycles. The second-order valence-corrected chi connectivity index (χ2v) is 9.36. The van der Waals surface area contributed by atoms with Gasteiger partial charge in [0.05, 0.1) is 19.0 Å². The van der Waals surface area contributed by atoms with Gasteiger partial charge >= 0.3 is 6.03 Å². The second kappa shape index (κ2) is 10.1. The van der Waals surface area contributed by atoms with Gasteiger partial charge in [-0.1, -0.05) is 30.8 Å². The number of imide groups is 1. The van der Waals surface area contributed by atoms with Gasteiger partial charge in [0.15, 0.2) is 5.78 Å². The van der Waals surface area contributed by atoms with Crippen molar-refractivity contribution in [3.8, 4) is 5.75 Å². The molecule has 0 radical (unpaired) electrons. The first-order valence-corrected chi connectivity index (χ1v) is 12.3. The van der Waals surface area contributed by atoms with E-state index in [4.69, 9.17) is 9.84 Å². The first kappa shape index (κ1) is 25.2. The van der Waals surface area contributed by atoms with Gasteiger partial charge in [0.1, 0.15) is 19.0 Å². The van der Waals surface area contributed by atoms with Crippen molar-refractivity contribution < 1.29 is 29.0 Å². The van der Waals surface area contributed by atoms with Gasteiger partial charge in [0.2, 0.25) is 11.8 Å². The standard InChI is InChI=1S/C28H28N4O6/c1-3-25(35)29-10-11-38-19-8-9-22-20(12-19)26-21-14-31(28(37)30(2)27(21)36)15-23(26)32(22)13-17-4-6-18(7-5-17)24(34)16-33/h3-9,12,21,33H,1,10-11,13-16H2,2H3,(H,29,35). The monoisotopic (exact) mass is 516 g/mol. The third-order valence-corrected chi connectivity index (χ3v) is 7.08. The van der Waals surface area contributed by atoms with E-state index in [0.29, 0.717) is 37.5 Å². The predicted molar refractivity (Wildman–Crippen MR) is 139 cm³/mol. The SMILES string of the molecule is C=CC(=O)NCCOc1ccc2c(c1)c1c(n2Cc2ccc(C(=O)CO)cc2)CN2CC1C(=O)N(C)C2=O. The van der Waals surface area contributed by atoms with Crippen LogP contribution in [0.4, 0.5) is 4.79 Å². The lowest BCUT2D eigenvalue weighted by Gasteiger charge is -2.41. The summed E-state index contributed by atoms with van der Waals surface area (Å²) in [6.07, 6.45) is 1.20. The van der Waals surface area contributed by atoms with E-state index in [0.717, 1.165) is 27.7 Å². The van der Waals surface area contributed by atoms with Crippen molar-refractivity contribution in [2.24, 2.45) is 0 Å². The van der Waals surface area contributed by atoms with Crippen LogP contribution in [-0.2, 0) is 22.7 Å². The molecule has 2 aromatic carbocycles. The van der Waals surface area contributed by atoms with E-state index >= 15 is 0 Å². The minimum absolute atomic E-state index is 0.239.